The van der Waals surface area contributed by atoms with Gasteiger partial charge in [-0.2, -0.15) is 9.57 Å². The first-order valence-corrected chi connectivity index (χ1v) is 12.7. The number of nitrogens with zero attached hydrogens (tertiary/aromatic N) is 3. The second-order valence-electron chi connectivity index (χ2n) is 7.49. The number of carbonyl (C=O) groups is 1. The number of piperidine rings is 1. The smallest absolute Gasteiger partial charge is 0.245 e. The third-order valence-corrected chi connectivity index (χ3v) is 8.19. The molecule has 1 aromatic heterocycles. The molecule has 33 heavy (non-hydrogen) atoms. The number of rotatable bonds is 6. The van der Waals surface area contributed by atoms with Gasteiger partial charge in [-0.1, -0.05) is 18.6 Å². The average Bonchev–Trinajstić information content (AvgIpc) is 3.32. The summed E-state index contributed by atoms with van der Waals surface area (Å²) in [5.74, 6) is 0.308. The lowest BCUT2D eigenvalue weighted by atomic mass is 10.0. The van der Waals surface area contributed by atoms with Crippen molar-refractivity contribution in [2.75, 3.05) is 19.0 Å². The van der Waals surface area contributed by atoms with E-state index in [4.69, 9.17) is 4.74 Å². The summed E-state index contributed by atoms with van der Waals surface area (Å²) in [5.41, 5.74) is 1.64. The highest BCUT2D eigenvalue weighted by Gasteiger charge is 2.38. The molecule has 8 nitrogen and oxygen atoms in total. The van der Waals surface area contributed by atoms with Gasteiger partial charge in [0.05, 0.1) is 23.3 Å². The van der Waals surface area contributed by atoms with Crippen LogP contribution in [0.1, 0.15) is 24.8 Å². The van der Waals surface area contributed by atoms with Gasteiger partial charge in [-0.15, -0.1) is 11.3 Å². The molecular weight excluding hydrogens is 460 g/mol. The molecule has 0 unspecified atom stereocenters. The molecule has 170 valence electrons. The summed E-state index contributed by atoms with van der Waals surface area (Å²) in [4.78, 5) is 17.5. The molecule has 1 atom stereocenters. The zero-order valence-electron chi connectivity index (χ0n) is 17.9. The topological polar surface area (TPSA) is 112 Å². The Balaban J connectivity index is 1.54. The van der Waals surface area contributed by atoms with Crippen molar-refractivity contribution in [1.82, 2.24) is 9.29 Å². The second kappa shape index (κ2) is 9.70. The third kappa shape index (κ3) is 4.75. The van der Waals surface area contributed by atoms with Crippen LogP contribution in [0.3, 0.4) is 0 Å². The first-order valence-electron chi connectivity index (χ1n) is 10.4. The van der Waals surface area contributed by atoms with Gasteiger partial charge >= 0.3 is 0 Å². The lowest BCUT2D eigenvalue weighted by molar-refractivity contribution is -0.120. The molecule has 2 aromatic carbocycles. The number of thiazole rings is 1. The number of methoxy groups -OCH3 is 1. The minimum atomic E-state index is -4.01. The summed E-state index contributed by atoms with van der Waals surface area (Å²) >= 11 is 1.27. The Hall–Kier alpha value is -3.26. The van der Waals surface area contributed by atoms with Crippen LogP contribution in [0.25, 0.3) is 11.3 Å². The predicted octanol–water partition coefficient (Wildman–Crippen LogP) is 3.87. The van der Waals surface area contributed by atoms with Gasteiger partial charge in [0.25, 0.3) is 0 Å². The van der Waals surface area contributed by atoms with E-state index in [0.717, 1.165) is 17.7 Å². The number of sulfonamides is 1. The lowest BCUT2D eigenvalue weighted by Crippen LogP contribution is -2.50. The summed E-state index contributed by atoms with van der Waals surface area (Å²) < 4.78 is 33.1. The summed E-state index contributed by atoms with van der Waals surface area (Å²) in [5, 5.41) is 14.4. The van der Waals surface area contributed by atoms with Gasteiger partial charge in [0.2, 0.25) is 15.9 Å². The summed E-state index contributed by atoms with van der Waals surface area (Å²) in [6.45, 7) is 0.217. The normalized spacial score (nSPS) is 16.7. The van der Waals surface area contributed by atoms with Crippen molar-refractivity contribution >= 4 is 32.4 Å². The van der Waals surface area contributed by atoms with E-state index >= 15 is 0 Å². The predicted molar refractivity (Wildman–Crippen MR) is 125 cm³/mol. The summed E-state index contributed by atoms with van der Waals surface area (Å²) in [7, 11) is -2.42. The van der Waals surface area contributed by atoms with E-state index in [1.807, 2.05) is 35.7 Å². The molecule has 3 aromatic rings. The van der Waals surface area contributed by atoms with Gasteiger partial charge in [0.1, 0.15) is 17.9 Å². The number of aromatic nitrogens is 1. The van der Waals surface area contributed by atoms with Crippen LogP contribution in [0.15, 0.2) is 58.8 Å². The number of nitrogens with one attached hydrogen (secondary N) is 1. The van der Waals surface area contributed by atoms with Gasteiger partial charge in [-0.3, -0.25) is 4.79 Å². The zero-order valence-corrected chi connectivity index (χ0v) is 19.5. The molecule has 0 bridgehead atoms. The number of hydrogen-bond donors (Lipinski definition) is 1. The number of carbonyl (C=O) groups excluding carboxylic acids is 1. The monoisotopic (exact) mass is 482 g/mol. The molecule has 0 aliphatic carbocycles. The van der Waals surface area contributed by atoms with Crippen molar-refractivity contribution in [1.29, 1.82) is 5.26 Å². The molecule has 1 fully saturated rings. The Bertz CT molecular complexity index is 1300. The highest BCUT2D eigenvalue weighted by molar-refractivity contribution is 7.89. The molecule has 4 rings (SSSR count). The Morgan fingerprint density at radius 1 is 1.21 bits per heavy atom. The van der Waals surface area contributed by atoms with E-state index < -0.39 is 22.0 Å². The quantitative estimate of drug-likeness (QED) is 0.571. The van der Waals surface area contributed by atoms with Crippen LogP contribution in [0.5, 0.6) is 5.75 Å². The molecule has 10 heteroatoms. The Labute approximate surface area is 196 Å². The molecule has 0 radical (unpaired) electrons. The van der Waals surface area contributed by atoms with E-state index in [9.17, 15) is 18.5 Å². The summed E-state index contributed by atoms with van der Waals surface area (Å²) in [6.07, 6.45) is 1.78. The van der Waals surface area contributed by atoms with Crippen LogP contribution in [0, 0.1) is 11.3 Å². The highest BCUT2D eigenvalue weighted by atomic mass is 32.2. The molecule has 1 aliphatic rings. The molecule has 2 heterocycles. The van der Waals surface area contributed by atoms with Crippen LogP contribution >= 0.6 is 11.3 Å². The van der Waals surface area contributed by atoms with Gasteiger partial charge < -0.3 is 10.1 Å². The number of ether oxygens (including phenoxy) is 1. The minimum Gasteiger partial charge on any atom is -0.497 e. The molecular formula is C23H22N4O4S2. The largest absolute Gasteiger partial charge is 0.497 e. The van der Waals surface area contributed by atoms with Crippen molar-refractivity contribution in [2.45, 2.75) is 30.2 Å². The van der Waals surface area contributed by atoms with E-state index in [2.05, 4.69) is 10.3 Å². The molecule has 1 saturated heterocycles. The van der Waals surface area contributed by atoms with Gasteiger partial charge in [0.15, 0.2) is 5.13 Å². The molecule has 0 saturated carbocycles. The van der Waals surface area contributed by atoms with Gasteiger partial charge in [0, 0.05) is 17.5 Å². The van der Waals surface area contributed by atoms with Crippen LogP contribution in [0.4, 0.5) is 5.13 Å². The van der Waals surface area contributed by atoms with E-state index in [0.29, 0.717) is 23.7 Å². The maximum Gasteiger partial charge on any atom is 0.245 e. The fraction of sp³-hybridized carbons (Fsp3) is 0.261. The van der Waals surface area contributed by atoms with Crippen LogP contribution in [-0.4, -0.2) is 43.3 Å². The summed E-state index contributed by atoms with van der Waals surface area (Å²) in [6, 6.07) is 14.5. The second-order valence-corrected chi connectivity index (χ2v) is 10.2. The number of benzene rings is 2. The number of amides is 1. The standard InChI is InChI=1S/C23H22N4O4S2/c1-31-18-11-9-16(10-12-18)19-15-32-23(25-19)26-22(28)20-7-4-5-13-27(20)33(29,30)21-8-3-2-6-17(21)14-24/h2-3,6,8-12,15,20H,4-5,7,13H2,1H3,(H,25,26,28)/t20-/m1/s1. The average molecular weight is 483 g/mol. The van der Waals surface area contributed by atoms with E-state index in [1.54, 1.807) is 19.2 Å². The Morgan fingerprint density at radius 3 is 2.70 bits per heavy atom. The van der Waals surface area contributed by atoms with Gasteiger partial charge in [-0.05, 0) is 49.2 Å². The Morgan fingerprint density at radius 2 is 1.97 bits per heavy atom. The number of nitriles is 1. The first kappa shape index (κ1) is 22.9. The van der Waals surface area contributed by atoms with Gasteiger partial charge in [-0.25, -0.2) is 13.4 Å². The zero-order chi connectivity index (χ0) is 23.4. The maximum atomic E-state index is 13.3. The molecule has 1 aliphatic heterocycles. The van der Waals surface area contributed by atoms with Crippen LogP contribution in [0.2, 0.25) is 0 Å². The first-order chi connectivity index (χ1) is 15.9. The van der Waals surface area contributed by atoms with E-state index in [1.165, 1.54) is 27.8 Å². The van der Waals surface area contributed by atoms with E-state index in [-0.39, 0.29) is 17.0 Å². The molecule has 1 N–H and O–H groups in total. The van der Waals surface area contributed by atoms with Crippen molar-refractivity contribution in [2.24, 2.45) is 0 Å². The SMILES string of the molecule is COc1ccc(-c2csc(NC(=O)[C@H]3CCCCN3S(=O)(=O)c3ccccc3C#N)n2)cc1. The molecule has 1 amide bonds. The highest BCUT2D eigenvalue weighted by Crippen LogP contribution is 2.30. The maximum absolute atomic E-state index is 13.3. The fourth-order valence-electron chi connectivity index (χ4n) is 3.78. The van der Waals surface area contributed by atoms with Crippen molar-refractivity contribution in [3.8, 4) is 23.1 Å². The van der Waals surface area contributed by atoms with Crippen molar-refractivity contribution < 1.29 is 17.9 Å². The van der Waals surface area contributed by atoms with Crippen molar-refractivity contribution in [3.05, 3.63) is 59.5 Å². The lowest BCUT2D eigenvalue weighted by Gasteiger charge is -2.33. The number of hydrogen-bond acceptors (Lipinski definition) is 7. The Kier molecular flexibility index (Phi) is 6.74. The third-order valence-electron chi connectivity index (χ3n) is 5.47. The van der Waals surface area contributed by atoms with Crippen molar-refractivity contribution in [3.63, 3.8) is 0 Å². The molecule has 0 spiro atoms. The number of anilines is 1. The fourth-order valence-corrected chi connectivity index (χ4v) is 6.30. The van der Waals surface area contributed by atoms with Crippen LogP contribution in [-0.2, 0) is 14.8 Å². The van der Waals surface area contributed by atoms with Crippen LogP contribution < -0.4 is 10.1 Å². The minimum absolute atomic E-state index is 0.0614.